The highest BCUT2D eigenvalue weighted by molar-refractivity contribution is 5.99. The summed E-state index contributed by atoms with van der Waals surface area (Å²) in [6, 6.07) is 16.1. The van der Waals surface area contributed by atoms with Crippen LogP contribution in [0.2, 0.25) is 0 Å². The van der Waals surface area contributed by atoms with E-state index >= 15 is 0 Å². The van der Waals surface area contributed by atoms with Crippen molar-refractivity contribution in [2.24, 2.45) is 0 Å². The number of aryl methyl sites for hydroxylation is 1. The highest BCUT2D eigenvalue weighted by Crippen LogP contribution is 2.34. The number of rotatable bonds is 9. The molecular formula is C31H26FN3O5. The van der Waals surface area contributed by atoms with E-state index in [0.717, 1.165) is 0 Å². The molecule has 202 valence electrons. The van der Waals surface area contributed by atoms with Crippen LogP contribution in [-0.4, -0.2) is 34.5 Å². The first-order valence-electron chi connectivity index (χ1n) is 12.6. The molecule has 8 nitrogen and oxygen atoms in total. The predicted molar refractivity (Wildman–Crippen MR) is 149 cm³/mol. The Labute approximate surface area is 229 Å². The average molecular weight is 540 g/mol. The van der Waals surface area contributed by atoms with E-state index in [9.17, 15) is 14.0 Å². The number of pyridine rings is 3. The SMILES string of the molecule is CCOc1nc2c(Oc3ccc(CC(=O)c4c(C)[nH]cc(-c5ccc(F)cc5)c4=O)cc3)ccnc2cc1OC. The van der Waals surface area contributed by atoms with Crippen LogP contribution in [0.1, 0.15) is 28.5 Å². The number of fused-ring (bicyclic) bond motifs is 1. The lowest BCUT2D eigenvalue weighted by Gasteiger charge is -2.12. The highest BCUT2D eigenvalue weighted by Gasteiger charge is 2.19. The van der Waals surface area contributed by atoms with Crippen LogP contribution in [0.3, 0.4) is 0 Å². The molecule has 0 aliphatic rings. The lowest BCUT2D eigenvalue weighted by molar-refractivity contribution is 0.0991. The second kappa shape index (κ2) is 11.4. The van der Waals surface area contributed by atoms with Gasteiger partial charge in [-0.05, 0) is 49.2 Å². The zero-order valence-corrected chi connectivity index (χ0v) is 22.2. The summed E-state index contributed by atoms with van der Waals surface area (Å²) in [6.07, 6.45) is 3.18. The van der Waals surface area contributed by atoms with E-state index in [1.54, 1.807) is 55.7 Å². The smallest absolute Gasteiger partial charge is 0.257 e. The molecule has 3 heterocycles. The molecule has 0 radical (unpaired) electrons. The number of ketones is 1. The molecule has 0 fully saturated rings. The zero-order valence-electron chi connectivity index (χ0n) is 22.2. The fraction of sp³-hybridized carbons (Fsp3) is 0.161. The van der Waals surface area contributed by atoms with Gasteiger partial charge < -0.3 is 19.2 Å². The number of nitrogens with zero attached hydrogens (tertiary/aromatic N) is 2. The first-order chi connectivity index (χ1) is 19.4. The van der Waals surface area contributed by atoms with Crippen LogP contribution in [0.25, 0.3) is 22.2 Å². The van der Waals surface area contributed by atoms with E-state index in [-0.39, 0.29) is 17.8 Å². The molecule has 5 aromatic rings. The van der Waals surface area contributed by atoms with E-state index in [1.807, 2.05) is 6.92 Å². The van der Waals surface area contributed by atoms with Crippen LogP contribution in [-0.2, 0) is 6.42 Å². The van der Waals surface area contributed by atoms with Crippen molar-refractivity contribution in [3.05, 3.63) is 106 Å². The van der Waals surface area contributed by atoms with Gasteiger partial charge in [0, 0.05) is 42.2 Å². The lowest BCUT2D eigenvalue weighted by atomic mass is 9.97. The minimum Gasteiger partial charge on any atom is -0.491 e. The number of aromatic nitrogens is 3. The minimum absolute atomic E-state index is 0.0221. The molecule has 3 aromatic heterocycles. The van der Waals surface area contributed by atoms with Crippen molar-refractivity contribution < 1.29 is 23.4 Å². The number of carbonyl (C=O) groups excluding carboxylic acids is 1. The molecule has 0 spiro atoms. The molecule has 0 aliphatic carbocycles. The lowest BCUT2D eigenvalue weighted by Crippen LogP contribution is -2.21. The van der Waals surface area contributed by atoms with Crippen molar-refractivity contribution in [2.45, 2.75) is 20.3 Å². The molecule has 0 saturated heterocycles. The van der Waals surface area contributed by atoms with E-state index in [4.69, 9.17) is 14.2 Å². The van der Waals surface area contributed by atoms with Crippen LogP contribution < -0.4 is 19.6 Å². The third-order valence-electron chi connectivity index (χ3n) is 6.34. The van der Waals surface area contributed by atoms with Gasteiger partial charge in [-0.25, -0.2) is 9.37 Å². The summed E-state index contributed by atoms with van der Waals surface area (Å²) in [6.45, 7) is 3.96. The zero-order chi connectivity index (χ0) is 28.2. The molecule has 0 atom stereocenters. The van der Waals surface area contributed by atoms with Crippen molar-refractivity contribution in [2.75, 3.05) is 13.7 Å². The molecule has 0 bridgehead atoms. The Kier molecular flexibility index (Phi) is 7.54. The summed E-state index contributed by atoms with van der Waals surface area (Å²) >= 11 is 0. The Bertz CT molecular complexity index is 1750. The molecule has 40 heavy (non-hydrogen) atoms. The van der Waals surface area contributed by atoms with Crippen LogP contribution in [0.15, 0.2) is 77.9 Å². The van der Waals surface area contributed by atoms with Crippen LogP contribution in [0.5, 0.6) is 23.1 Å². The van der Waals surface area contributed by atoms with Crippen LogP contribution in [0, 0.1) is 12.7 Å². The Hall–Kier alpha value is -5.05. The van der Waals surface area contributed by atoms with Gasteiger partial charge in [0.25, 0.3) is 5.88 Å². The minimum atomic E-state index is -0.403. The third kappa shape index (κ3) is 5.40. The predicted octanol–water partition coefficient (Wildman–Crippen LogP) is 6.06. The second-order valence-corrected chi connectivity index (χ2v) is 8.99. The molecular weight excluding hydrogens is 513 g/mol. The quantitative estimate of drug-likeness (QED) is 0.227. The number of hydrogen-bond acceptors (Lipinski definition) is 7. The topological polar surface area (TPSA) is 103 Å². The average Bonchev–Trinajstić information content (AvgIpc) is 2.95. The number of carbonyl (C=O) groups is 1. The maximum atomic E-state index is 13.3. The number of halogens is 1. The van der Waals surface area contributed by atoms with Gasteiger partial charge in [-0.2, -0.15) is 0 Å². The number of H-pyrrole nitrogens is 1. The van der Waals surface area contributed by atoms with Gasteiger partial charge in [0.2, 0.25) is 0 Å². The second-order valence-electron chi connectivity index (χ2n) is 8.99. The molecule has 2 aromatic carbocycles. The molecule has 0 amide bonds. The van der Waals surface area contributed by atoms with Crippen molar-refractivity contribution in [1.29, 1.82) is 0 Å². The Balaban J connectivity index is 1.36. The maximum Gasteiger partial charge on any atom is 0.257 e. The van der Waals surface area contributed by atoms with Crippen molar-refractivity contribution in [3.63, 3.8) is 0 Å². The van der Waals surface area contributed by atoms with Crippen molar-refractivity contribution >= 4 is 16.8 Å². The number of aromatic amines is 1. The Morgan fingerprint density at radius 1 is 1.02 bits per heavy atom. The van der Waals surface area contributed by atoms with Gasteiger partial charge >= 0.3 is 0 Å². The van der Waals surface area contributed by atoms with Crippen molar-refractivity contribution in [3.8, 4) is 34.3 Å². The standard InChI is InChI=1S/C31H26FN3O5/c1-4-39-31-27(38-3)16-24-29(35-31)26(13-14-33-24)40-22-11-5-19(6-12-22)15-25(36)28-18(2)34-17-23(30(28)37)20-7-9-21(32)10-8-20/h5-14,16-17H,4,15H2,1-3H3,(H,34,37). The largest absolute Gasteiger partial charge is 0.491 e. The number of Topliss-reactive ketones (excluding diaryl/α,β-unsaturated/α-hetero) is 1. The summed E-state index contributed by atoms with van der Waals surface area (Å²) in [5, 5.41) is 0. The number of methoxy groups -OCH3 is 1. The molecule has 5 rings (SSSR count). The van der Waals surface area contributed by atoms with Crippen LogP contribution >= 0.6 is 0 Å². The van der Waals surface area contributed by atoms with Gasteiger partial charge in [0.15, 0.2) is 22.7 Å². The molecule has 1 N–H and O–H groups in total. The van der Waals surface area contributed by atoms with Gasteiger partial charge in [-0.3, -0.25) is 14.6 Å². The summed E-state index contributed by atoms with van der Waals surface area (Å²) < 4.78 is 30.4. The fourth-order valence-corrected chi connectivity index (χ4v) is 4.36. The molecule has 9 heteroatoms. The third-order valence-corrected chi connectivity index (χ3v) is 6.34. The summed E-state index contributed by atoms with van der Waals surface area (Å²) in [4.78, 5) is 38.3. The number of nitrogens with one attached hydrogen (secondary N) is 1. The summed E-state index contributed by atoms with van der Waals surface area (Å²) in [5.74, 6) is 1.12. The number of benzene rings is 2. The summed E-state index contributed by atoms with van der Waals surface area (Å²) in [5.41, 5.74) is 2.81. The Morgan fingerprint density at radius 3 is 2.48 bits per heavy atom. The monoisotopic (exact) mass is 539 g/mol. The highest BCUT2D eigenvalue weighted by atomic mass is 19.1. The van der Waals surface area contributed by atoms with Crippen molar-refractivity contribution in [1.82, 2.24) is 15.0 Å². The van der Waals surface area contributed by atoms with Gasteiger partial charge in [-0.1, -0.05) is 24.3 Å². The van der Waals surface area contributed by atoms with E-state index in [2.05, 4.69) is 15.0 Å². The van der Waals surface area contributed by atoms with E-state index < -0.39 is 11.2 Å². The van der Waals surface area contributed by atoms with Crippen LogP contribution in [0.4, 0.5) is 4.39 Å². The Morgan fingerprint density at radius 2 is 1.77 bits per heavy atom. The number of hydrogen-bond donors (Lipinski definition) is 1. The van der Waals surface area contributed by atoms with Gasteiger partial charge in [-0.15, -0.1) is 0 Å². The molecule has 0 aliphatic heterocycles. The first kappa shape index (κ1) is 26.6. The van der Waals surface area contributed by atoms with Gasteiger partial charge in [0.05, 0.1) is 24.8 Å². The van der Waals surface area contributed by atoms with E-state index in [0.29, 0.717) is 63.2 Å². The first-order valence-corrected chi connectivity index (χ1v) is 12.6. The maximum absolute atomic E-state index is 13.3. The van der Waals surface area contributed by atoms with Gasteiger partial charge in [0.1, 0.15) is 17.1 Å². The molecule has 0 unspecified atom stereocenters. The summed E-state index contributed by atoms with van der Waals surface area (Å²) in [7, 11) is 1.54. The molecule has 0 saturated carbocycles. The fourth-order valence-electron chi connectivity index (χ4n) is 4.36. The van der Waals surface area contributed by atoms with E-state index in [1.165, 1.54) is 31.4 Å². The number of ether oxygens (including phenoxy) is 3. The normalized spacial score (nSPS) is 10.9.